The normalized spacial score (nSPS) is 15.4. The average molecular weight is 236 g/mol. The highest BCUT2D eigenvalue weighted by Gasteiger charge is 2.28. The molecule has 0 aliphatic heterocycles. The summed E-state index contributed by atoms with van der Waals surface area (Å²) in [5.41, 5.74) is 6.07. The molecule has 0 atom stereocenters. The minimum atomic E-state index is -0.324. The molecule has 0 bridgehead atoms. The zero-order valence-corrected chi connectivity index (χ0v) is 9.73. The van der Waals surface area contributed by atoms with Gasteiger partial charge in [0, 0.05) is 24.7 Å². The molecule has 1 fully saturated rings. The van der Waals surface area contributed by atoms with Crippen LogP contribution in [0.25, 0.3) is 0 Å². The molecule has 17 heavy (non-hydrogen) atoms. The van der Waals surface area contributed by atoms with Gasteiger partial charge in [-0.25, -0.2) is 4.39 Å². The van der Waals surface area contributed by atoms with Gasteiger partial charge in [-0.2, -0.15) is 0 Å². The minimum Gasteiger partial charge on any atom is -0.334 e. The molecule has 0 unspecified atom stereocenters. The van der Waals surface area contributed by atoms with Crippen molar-refractivity contribution in [1.82, 2.24) is 4.90 Å². The monoisotopic (exact) mass is 236 g/mol. The van der Waals surface area contributed by atoms with Gasteiger partial charge >= 0.3 is 0 Å². The molecule has 2 N–H and O–H groups in total. The van der Waals surface area contributed by atoms with E-state index in [0.717, 1.165) is 12.8 Å². The molecule has 1 aliphatic rings. The maximum Gasteiger partial charge on any atom is 0.254 e. The van der Waals surface area contributed by atoms with Gasteiger partial charge in [0.15, 0.2) is 0 Å². The molecule has 1 saturated carbocycles. The van der Waals surface area contributed by atoms with Crippen LogP contribution in [0.4, 0.5) is 4.39 Å². The third kappa shape index (κ3) is 2.64. The third-order valence-corrected chi connectivity index (χ3v) is 3.24. The molecular weight excluding hydrogens is 219 g/mol. The summed E-state index contributed by atoms with van der Waals surface area (Å²) in [7, 11) is 0. The van der Waals surface area contributed by atoms with Crippen LogP contribution in [0.3, 0.4) is 0 Å². The van der Waals surface area contributed by atoms with Crippen molar-refractivity contribution < 1.29 is 9.18 Å². The number of carbonyl (C=O) groups is 1. The number of carbonyl (C=O) groups excluding carboxylic acids is 1. The summed E-state index contributed by atoms with van der Waals surface area (Å²) in [4.78, 5) is 14.0. The van der Waals surface area contributed by atoms with E-state index in [4.69, 9.17) is 5.73 Å². The molecule has 0 aromatic heterocycles. The van der Waals surface area contributed by atoms with Crippen molar-refractivity contribution in [3.8, 4) is 0 Å². The van der Waals surface area contributed by atoms with E-state index in [1.54, 1.807) is 0 Å². The molecule has 1 amide bonds. The van der Waals surface area contributed by atoms with Gasteiger partial charge in [-0.15, -0.1) is 0 Å². The Labute approximate surface area is 100 Å². The average Bonchev–Trinajstić information content (AvgIpc) is 2.26. The predicted molar refractivity (Wildman–Crippen MR) is 64.1 cm³/mol. The Balaban J connectivity index is 2.12. The molecule has 0 spiro atoms. The van der Waals surface area contributed by atoms with E-state index >= 15 is 0 Å². The van der Waals surface area contributed by atoms with E-state index in [1.165, 1.54) is 30.7 Å². The second-order valence-corrected chi connectivity index (χ2v) is 4.38. The van der Waals surface area contributed by atoms with Crippen LogP contribution in [0, 0.1) is 5.82 Å². The fourth-order valence-electron chi connectivity index (χ4n) is 2.05. The summed E-state index contributed by atoms with van der Waals surface area (Å²) in [6, 6.07) is 6.00. The van der Waals surface area contributed by atoms with Crippen LogP contribution in [0.5, 0.6) is 0 Å². The highest BCUT2D eigenvalue weighted by atomic mass is 19.1. The van der Waals surface area contributed by atoms with Gasteiger partial charge in [-0.3, -0.25) is 4.79 Å². The number of benzene rings is 1. The fourth-order valence-corrected chi connectivity index (χ4v) is 2.05. The van der Waals surface area contributed by atoms with Crippen molar-refractivity contribution in [1.29, 1.82) is 0 Å². The Morgan fingerprint density at radius 3 is 2.47 bits per heavy atom. The van der Waals surface area contributed by atoms with Crippen LogP contribution < -0.4 is 5.73 Å². The standard InChI is InChI=1S/C13H17FN2O/c14-11-6-4-10(5-7-11)13(17)16(9-8-15)12-2-1-3-12/h4-7,12H,1-3,8-9,15H2. The Kier molecular flexibility index (Phi) is 3.74. The molecule has 0 heterocycles. The number of nitrogens with zero attached hydrogens (tertiary/aromatic N) is 1. The van der Waals surface area contributed by atoms with Gasteiger partial charge in [0.05, 0.1) is 0 Å². The van der Waals surface area contributed by atoms with Crippen molar-refractivity contribution in [2.24, 2.45) is 5.73 Å². The Morgan fingerprint density at radius 2 is 2.00 bits per heavy atom. The number of hydrogen-bond donors (Lipinski definition) is 1. The highest BCUT2D eigenvalue weighted by molar-refractivity contribution is 5.94. The lowest BCUT2D eigenvalue weighted by Crippen LogP contribution is -2.46. The first kappa shape index (κ1) is 12.0. The van der Waals surface area contributed by atoms with Gasteiger partial charge < -0.3 is 10.6 Å². The number of rotatable bonds is 4. The fraction of sp³-hybridized carbons (Fsp3) is 0.462. The zero-order valence-electron chi connectivity index (χ0n) is 9.73. The lowest BCUT2D eigenvalue weighted by molar-refractivity contribution is 0.0588. The van der Waals surface area contributed by atoms with Gasteiger partial charge in [0.1, 0.15) is 5.82 Å². The van der Waals surface area contributed by atoms with Crippen LogP contribution in [0.2, 0.25) is 0 Å². The van der Waals surface area contributed by atoms with Crippen LogP contribution in [-0.2, 0) is 0 Å². The zero-order chi connectivity index (χ0) is 12.3. The summed E-state index contributed by atoms with van der Waals surface area (Å²) in [5, 5.41) is 0. The van der Waals surface area contributed by atoms with E-state index in [1.807, 2.05) is 4.90 Å². The van der Waals surface area contributed by atoms with Crippen LogP contribution >= 0.6 is 0 Å². The first-order valence-electron chi connectivity index (χ1n) is 5.99. The molecule has 3 nitrogen and oxygen atoms in total. The minimum absolute atomic E-state index is 0.0415. The predicted octanol–water partition coefficient (Wildman–Crippen LogP) is 1.78. The maximum absolute atomic E-state index is 12.8. The molecular formula is C13H17FN2O. The van der Waals surface area contributed by atoms with Crippen molar-refractivity contribution in [3.63, 3.8) is 0 Å². The number of hydrogen-bond acceptors (Lipinski definition) is 2. The van der Waals surface area contributed by atoms with E-state index in [-0.39, 0.29) is 11.7 Å². The molecule has 1 aliphatic carbocycles. The van der Waals surface area contributed by atoms with E-state index in [9.17, 15) is 9.18 Å². The summed E-state index contributed by atoms with van der Waals surface area (Å²) >= 11 is 0. The SMILES string of the molecule is NCCN(C(=O)c1ccc(F)cc1)C1CCC1. The summed E-state index contributed by atoms with van der Waals surface area (Å²) < 4.78 is 12.8. The second-order valence-electron chi connectivity index (χ2n) is 4.38. The van der Waals surface area contributed by atoms with Crippen molar-refractivity contribution in [2.45, 2.75) is 25.3 Å². The van der Waals surface area contributed by atoms with Crippen LogP contribution in [0.1, 0.15) is 29.6 Å². The number of amides is 1. The summed E-state index contributed by atoms with van der Waals surface area (Å²) in [5.74, 6) is -0.365. The van der Waals surface area contributed by atoms with Gasteiger partial charge in [0.2, 0.25) is 0 Å². The first-order chi connectivity index (χ1) is 8.22. The number of nitrogens with two attached hydrogens (primary N) is 1. The molecule has 0 radical (unpaired) electrons. The summed E-state index contributed by atoms with van der Waals surface area (Å²) in [6.45, 7) is 1.03. The molecule has 92 valence electrons. The largest absolute Gasteiger partial charge is 0.334 e. The smallest absolute Gasteiger partial charge is 0.254 e. The van der Waals surface area contributed by atoms with Crippen LogP contribution in [-0.4, -0.2) is 29.9 Å². The lowest BCUT2D eigenvalue weighted by Gasteiger charge is -2.37. The van der Waals surface area contributed by atoms with Gasteiger partial charge in [0.25, 0.3) is 5.91 Å². The number of halogens is 1. The Hall–Kier alpha value is -1.42. The van der Waals surface area contributed by atoms with Gasteiger partial charge in [-0.1, -0.05) is 0 Å². The summed E-state index contributed by atoms with van der Waals surface area (Å²) in [6.07, 6.45) is 3.27. The molecule has 1 aromatic carbocycles. The van der Waals surface area contributed by atoms with Crippen molar-refractivity contribution >= 4 is 5.91 Å². The van der Waals surface area contributed by atoms with E-state index in [0.29, 0.717) is 24.7 Å². The van der Waals surface area contributed by atoms with Gasteiger partial charge in [-0.05, 0) is 43.5 Å². The quantitative estimate of drug-likeness (QED) is 0.866. The molecule has 2 rings (SSSR count). The second kappa shape index (κ2) is 5.27. The van der Waals surface area contributed by atoms with Crippen molar-refractivity contribution in [2.75, 3.05) is 13.1 Å². The molecule has 0 saturated heterocycles. The molecule has 1 aromatic rings. The van der Waals surface area contributed by atoms with Crippen LogP contribution in [0.15, 0.2) is 24.3 Å². The Morgan fingerprint density at radius 1 is 1.35 bits per heavy atom. The van der Waals surface area contributed by atoms with E-state index < -0.39 is 0 Å². The topological polar surface area (TPSA) is 46.3 Å². The third-order valence-electron chi connectivity index (χ3n) is 3.24. The first-order valence-corrected chi connectivity index (χ1v) is 5.99. The highest BCUT2D eigenvalue weighted by Crippen LogP contribution is 2.25. The lowest BCUT2D eigenvalue weighted by atomic mass is 9.91. The maximum atomic E-state index is 12.8. The van der Waals surface area contributed by atoms with E-state index in [2.05, 4.69) is 0 Å². The van der Waals surface area contributed by atoms with Crippen molar-refractivity contribution in [3.05, 3.63) is 35.6 Å². The Bertz CT molecular complexity index is 387. The molecule has 4 heteroatoms.